The van der Waals surface area contributed by atoms with Crippen molar-refractivity contribution in [2.24, 2.45) is 0 Å². The molecule has 1 aromatic rings. The molecule has 0 unspecified atom stereocenters. The molecule has 0 bridgehead atoms. The molecule has 0 heterocycles. The molecule has 1 N–H and O–H groups in total. The van der Waals surface area contributed by atoms with Crippen LogP contribution in [0, 0.1) is 6.92 Å². The van der Waals surface area contributed by atoms with Gasteiger partial charge < -0.3 is 14.6 Å². The molecule has 0 aliphatic carbocycles. The third-order valence-electron chi connectivity index (χ3n) is 1.62. The number of rotatable bonds is 4. The summed E-state index contributed by atoms with van der Waals surface area (Å²) < 4.78 is 44.3. The van der Waals surface area contributed by atoms with Crippen LogP contribution in [0.1, 0.15) is 5.56 Å². The van der Waals surface area contributed by atoms with Crippen LogP contribution in [0.3, 0.4) is 0 Å². The number of aryl methyl sites for hydroxylation is 1. The first-order valence-electron chi connectivity index (χ1n) is 4.48. The standard InChI is InChI=1S/C10H9F3O4/c1-6-2-7(16-5-9(14)15)4-8(3-6)17-10(11,12)13/h2-4H,5H2,1H3,(H,14,15). The second-order valence-corrected chi connectivity index (χ2v) is 3.21. The van der Waals surface area contributed by atoms with Crippen molar-refractivity contribution in [1.82, 2.24) is 0 Å². The van der Waals surface area contributed by atoms with E-state index in [-0.39, 0.29) is 5.75 Å². The zero-order valence-corrected chi connectivity index (χ0v) is 8.75. The van der Waals surface area contributed by atoms with Crippen molar-refractivity contribution in [3.63, 3.8) is 0 Å². The van der Waals surface area contributed by atoms with Gasteiger partial charge in [-0.05, 0) is 24.6 Å². The van der Waals surface area contributed by atoms with Crippen molar-refractivity contribution in [2.45, 2.75) is 13.3 Å². The van der Waals surface area contributed by atoms with E-state index in [9.17, 15) is 18.0 Å². The molecule has 0 atom stereocenters. The van der Waals surface area contributed by atoms with Gasteiger partial charge in [0.05, 0.1) is 0 Å². The van der Waals surface area contributed by atoms with E-state index in [1.165, 1.54) is 19.1 Å². The van der Waals surface area contributed by atoms with Gasteiger partial charge in [0, 0.05) is 6.07 Å². The molecule has 17 heavy (non-hydrogen) atoms. The third-order valence-corrected chi connectivity index (χ3v) is 1.62. The fraction of sp³-hybridized carbons (Fsp3) is 0.300. The summed E-state index contributed by atoms with van der Waals surface area (Å²) in [6.07, 6.45) is -4.79. The number of hydrogen-bond donors (Lipinski definition) is 1. The lowest BCUT2D eigenvalue weighted by Crippen LogP contribution is -2.17. The summed E-state index contributed by atoms with van der Waals surface area (Å²) in [5, 5.41) is 8.36. The van der Waals surface area contributed by atoms with Gasteiger partial charge in [0.2, 0.25) is 0 Å². The van der Waals surface area contributed by atoms with Gasteiger partial charge in [0.15, 0.2) is 6.61 Å². The quantitative estimate of drug-likeness (QED) is 0.891. The maximum Gasteiger partial charge on any atom is 0.573 e. The minimum absolute atomic E-state index is 0.00616. The van der Waals surface area contributed by atoms with E-state index < -0.39 is 24.7 Å². The Balaban J connectivity index is 2.83. The molecule has 0 saturated carbocycles. The summed E-state index contributed by atoms with van der Waals surface area (Å²) in [4.78, 5) is 10.2. The van der Waals surface area contributed by atoms with E-state index in [0.29, 0.717) is 5.56 Å². The van der Waals surface area contributed by atoms with Gasteiger partial charge in [0.1, 0.15) is 11.5 Å². The molecule has 0 aliphatic heterocycles. The van der Waals surface area contributed by atoms with Crippen LogP contribution in [-0.4, -0.2) is 24.0 Å². The van der Waals surface area contributed by atoms with Gasteiger partial charge in [-0.25, -0.2) is 4.79 Å². The summed E-state index contributed by atoms with van der Waals surface area (Å²) in [5.74, 6) is -1.66. The number of ether oxygens (including phenoxy) is 2. The highest BCUT2D eigenvalue weighted by Gasteiger charge is 2.31. The van der Waals surface area contributed by atoms with Gasteiger partial charge in [0.25, 0.3) is 0 Å². The highest BCUT2D eigenvalue weighted by Crippen LogP contribution is 2.27. The van der Waals surface area contributed by atoms with Crippen LogP contribution in [0.2, 0.25) is 0 Å². The smallest absolute Gasteiger partial charge is 0.482 e. The lowest BCUT2D eigenvalue weighted by molar-refractivity contribution is -0.274. The van der Waals surface area contributed by atoms with E-state index in [1.54, 1.807) is 0 Å². The van der Waals surface area contributed by atoms with Crippen molar-refractivity contribution in [1.29, 1.82) is 0 Å². The molecule has 4 nitrogen and oxygen atoms in total. The van der Waals surface area contributed by atoms with Gasteiger partial charge in [-0.15, -0.1) is 13.2 Å². The van der Waals surface area contributed by atoms with Crippen molar-refractivity contribution in [3.8, 4) is 11.5 Å². The zero-order chi connectivity index (χ0) is 13.1. The molecule has 7 heteroatoms. The molecule has 0 saturated heterocycles. The van der Waals surface area contributed by atoms with Crippen LogP contribution in [0.4, 0.5) is 13.2 Å². The fourth-order valence-electron chi connectivity index (χ4n) is 1.13. The maximum atomic E-state index is 12.0. The van der Waals surface area contributed by atoms with Crippen LogP contribution in [0.25, 0.3) is 0 Å². The number of aliphatic carboxylic acids is 1. The summed E-state index contributed by atoms with van der Waals surface area (Å²) in [6, 6.07) is 3.55. The first kappa shape index (κ1) is 13.1. The third kappa shape index (κ3) is 5.10. The minimum Gasteiger partial charge on any atom is -0.482 e. The van der Waals surface area contributed by atoms with Crippen molar-refractivity contribution in [2.75, 3.05) is 6.61 Å². The Hall–Kier alpha value is -1.92. The Morgan fingerprint density at radius 1 is 1.29 bits per heavy atom. The lowest BCUT2D eigenvalue weighted by Gasteiger charge is -2.11. The molecule has 0 radical (unpaired) electrons. The Morgan fingerprint density at radius 2 is 1.88 bits per heavy atom. The normalized spacial score (nSPS) is 11.1. The number of alkyl halides is 3. The Kier molecular flexibility index (Phi) is 3.82. The highest BCUT2D eigenvalue weighted by atomic mass is 19.4. The molecule has 0 aliphatic rings. The number of carboxylic acid groups (broad SMARTS) is 1. The first-order valence-corrected chi connectivity index (χ1v) is 4.48. The summed E-state index contributed by atoms with van der Waals surface area (Å²) in [6.45, 7) is 0.909. The first-order chi connectivity index (χ1) is 7.76. The van der Waals surface area contributed by atoms with Crippen LogP contribution in [-0.2, 0) is 4.79 Å². The SMILES string of the molecule is Cc1cc(OCC(=O)O)cc(OC(F)(F)F)c1. The van der Waals surface area contributed by atoms with Gasteiger partial charge in [-0.1, -0.05) is 0 Å². The average molecular weight is 250 g/mol. The maximum absolute atomic E-state index is 12.0. The Labute approximate surface area is 94.6 Å². The van der Waals surface area contributed by atoms with Gasteiger partial charge >= 0.3 is 12.3 Å². The lowest BCUT2D eigenvalue weighted by atomic mass is 10.2. The van der Waals surface area contributed by atoms with Gasteiger partial charge in [-0.2, -0.15) is 0 Å². The Morgan fingerprint density at radius 3 is 2.41 bits per heavy atom. The van der Waals surface area contributed by atoms with E-state index in [2.05, 4.69) is 4.74 Å². The van der Waals surface area contributed by atoms with Crippen molar-refractivity contribution in [3.05, 3.63) is 23.8 Å². The zero-order valence-electron chi connectivity index (χ0n) is 8.75. The van der Waals surface area contributed by atoms with Gasteiger partial charge in [-0.3, -0.25) is 0 Å². The van der Waals surface area contributed by atoms with Crippen LogP contribution in [0.15, 0.2) is 18.2 Å². The topological polar surface area (TPSA) is 55.8 Å². The summed E-state index contributed by atoms with van der Waals surface area (Å²) >= 11 is 0. The van der Waals surface area contributed by atoms with E-state index in [1.807, 2.05) is 0 Å². The second kappa shape index (κ2) is 4.94. The predicted molar refractivity (Wildman–Crippen MR) is 51.0 cm³/mol. The predicted octanol–water partition coefficient (Wildman–Crippen LogP) is 2.36. The van der Waals surface area contributed by atoms with E-state index in [0.717, 1.165) is 6.07 Å². The number of carboxylic acids is 1. The fourth-order valence-corrected chi connectivity index (χ4v) is 1.13. The van der Waals surface area contributed by atoms with Crippen LogP contribution >= 0.6 is 0 Å². The van der Waals surface area contributed by atoms with Crippen LogP contribution < -0.4 is 9.47 Å². The van der Waals surface area contributed by atoms with Crippen LogP contribution in [0.5, 0.6) is 11.5 Å². The Bertz CT molecular complexity index is 415. The molecule has 94 valence electrons. The molecular weight excluding hydrogens is 241 g/mol. The monoisotopic (exact) mass is 250 g/mol. The molecule has 0 amide bonds. The second-order valence-electron chi connectivity index (χ2n) is 3.21. The largest absolute Gasteiger partial charge is 0.573 e. The van der Waals surface area contributed by atoms with Crippen molar-refractivity contribution >= 4 is 5.97 Å². The van der Waals surface area contributed by atoms with Crippen molar-refractivity contribution < 1.29 is 32.5 Å². The van der Waals surface area contributed by atoms with E-state index in [4.69, 9.17) is 9.84 Å². The number of halogens is 3. The number of hydrogen-bond acceptors (Lipinski definition) is 3. The average Bonchev–Trinajstić information content (AvgIpc) is 2.10. The summed E-state index contributed by atoms with van der Waals surface area (Å²) in [5.41, 5.74) is 0.465. The summed E-state index contributed by atoms with van der Waals surface area (Å²) in [7, 11) is 0. The molecule has 0 fully saturated rings. The minimum atomic E-state index is -4.79. The highest BCUT2D eigenvalue weighted by molar-refractivity contribution is 5.68. The number of benzene rings is 1. The molecule has 0 aromatic heterocycles. The van der Waals surface area contributed by atoms with E-state index >= 15 is 0 Å². The molecule has 1 aromatic carbocycles. The molecule has 0 spiro atoms. The number of carbonyl (C=O) groups is 1. The molecule has 1 rings (SSSR count). The molecular formula is C10H9F3O4.